The fourth-order valence-corrected chi connectivity index (χ4v) is 8.83. The van der Waals surface area contributed by atoms with Crippen molar-refractivity contribution in [3.8, 4) is 22.3 Å². The monoisotopic (exact) mass is 613 g/mol. The largest absolute Gasteiger partial charge is 0.460 e. The maximum absolute atomic E-state index is 6.80. The van der Waals surface area contributed by atoms with E-state index in [0.717, 1.165) is 50.5 Å². The summed E-state index contributed by atoms with van der Waals surface area (Å²) in [5, 5.41) is 7.16. The van der Waals surface area contributed by atoms with Gasteiger partial charge in [0.1, 0.15) is 22.7 Å². The van der Waals surface area contributed by atoms with Gasteiger partial charge < -0.3 is 13.7 Å². The van der Waals surface area contributed by atoms with Gasteiger partial charge in [0.15, 0.2) is 0 Å². The van der Waals surface area contributed by atoms with Crippen molar-refractivity contribution in [3.05, 3.63) is 145 Å². The van der Waals surface area contributed by atoms with Crippen molar-refractivity contribution in [3.63, 3.8) is 0 Å². The first-order valence-corrected chi connectivity index (χ1v) is 16.6. The molecule has 7 aromatic carbocycles. The number of benzene rings is 7. The number of hydrogen-bond acceptors (Lipinski definition) is 3. The molecule has 0 unspecified atom stereocenters. The molecule has 0 amide bonds. The number of hydrogen-bond donors (Lipinski definition) is 0. The summed E-state index contributed by atoms with van der Waals surface area (Å²) in [6.45, 7) is 4.29. The minimum Gasteiger partial charge on any atom is -0.460 e. The Hall–Kier alpha value is -6.00. The lowest BCUT2D eigenvalue weighted by Crippen LogP contribution is -2.57. The zero-order valence-electron chi connectivity index (χ0n) is 26.5. The number of nitrogens with zero attached hydrogens (tertiary/aromatic N) is 1. The fourth-order valence-electron chi connectivity index (χ4n) is 8.83. The Morgan fingerprint density at radius 3 is 1.40 bits per heavy atom. The van der Waals surface area contributed by atoms with E-state index in [9.17, 15) is 0 Å². The molecular formula is C44H28BNO2. The topological polar surface area (TPSA) is 29.5 Å². The second-order valence-corrected chi connectivity index (χ2v) is 13.2. The van der Waals surface area contributed by atoms with Crippen LogP contribution in [0, 0.1) is 13.8 Å². The molecule has 0 spiro atoms. The maximum Gasteiger partial charge on any atom is 0.244 e. The zero-order chi connectivity index (χ0) is 31.7. The summed E-state index contributed by atoms with van der Waals surface area (Å²) in [4.78, 5) is 2.37. The van der Waals surface area contributed by atoms with Gasteiger partial charge in [-0.2, -0.15) is 0 Å². The van der Waals surface area contributed by atoms with Gasteiger partial charge in [-0.3, -0.25) is 0 Å². The van der Waals surface area contributed by atoms with Crippen LogP contribution in [0.3, 0.4) is 0 Å². The molecule has 0 fully saturated rings. The number of fused-ring (bicyclic) bond motifs is 8. The maximum atomic E-state index is 6.80. The SMILES string of the molecule is Cc1oc2c3c(cc4ccccc42)B2c4c(cc(N(c5ccccc5)c5ccccc5)cc4-c4c(C)oc5c4c2cc2ccccc25)-c13. The van der Waals surface area contributed by atoms with E-state index in [-0.39, 0.29) is 6.71 Å². The molecule has 2 aromatic heterocycles. The predicted octanol–water partition coefficient (Wildman–Crippen LogP) is 10.0. The van der Waals surface area contributed by atoms with Gasteiger partial charge in [0.05, 0.1) is 0 Å². The van der Waals surface area contributed by atoms with Gasteiger partial charge in [0.2, 0.25) is 6.71 Å². The van der Waals surface area contributed by atoms with Crippen LogP contribution in [0.4, 0.5) is 17.1 Å². The van der Waals surface area contributed by atoms with Crippen molar-refractivity contribution in [1.82, 2.24) is 0 Å². The molecule has 0 bridgehead atoms. The van der Waals surface area contributed by atoms with Crippen molar-refractivity contribution in [2.75, 3.05) is 4.90 Å². The van der Waals surface area contributed by atoms with E-state index in [2.05, 4.69) is 152 Å². The summed E-state index contributed by atoms with van der Waals surface area (Å²) in [5.74, 6) is 1.90. The first kappa shape index (κ1) is 26.1. The average molecular weight is 614 g/mol. The van der Waals surface area contributed by atoms with E-state index in [1.165, 1.54) is 60.2 Å². The van der Waals surface area contributed by atoms with Crippen molar-refractivity contribution in [1.29, 1.82) is 0 Å². The van der Waals surface area contributed by atoms with Crippen LogP contribution < -0.4 is 21.3 Å². The zero-order valence-corrected chi connectivity index (χ0v) is 26.5. The summed E-state index contributed by atoms with van der Waals surface area (Å²) in [7, 11) is 0. The van der Waals surface area contributed by atoms with Gasteiger partial charge in [-0.25, -0.2) is 0 Å². The highest BCUT2D eigenvalue weighted by Gasteiger charge is 2.43. The Labute approximate surface area is 277 Å². The minimum absolute atomic E-state index is 0.0270. The first-order chi connectivity index (χ1) is 23.7. The minimum atomic E-state index is 0.0270. The van der Waals surface area contributed by atoms with Crippen molar-refractivity contribution in [2.45, 2.75) is 13.8 Å². The van der Waals surface area contributed by atoms with Crippen molar-refractivity contribution in [2.24, 2.45) is 0 Å². The lowest BCUT2D eigenvalue weighted by molar-refractivity contribution is 0.583. The molecule has 2 aliphatic rings. The van der Waals surface area contributed by atoms with Crippen molar-refractivity contribution < 1.29 is 8.83 Å². The number of rotatable bonds is 3. The van der Waals surface area contributed by atoms with Crippen LogP contribution in [0.2, 0.25) is 0 Å². The molecule has 0 aliphatic carbocycles. The predicted molar refractivity (Wildman–Crippen MR) is 201 cm³/mol. The van der Waals surface area contributed by atoms with E-state index in [4.69, 9.17) is 8.83 Å². The second kappa shape index (κ2) is 9.30. The number of anilines is 3. The van der Waals surface area contributed by atoms with Gasteiger partial charge >= 0.3 is 0 Å². The van der Waals surface area contributed by atoms with Gasteiger partial charge in [0.25, 0.3) is 0 Å². The summed E-state index contributed by atoms with van der Waals surface area (Å²) >= 11 is 0. The lowest BCUT2D eigenvalue weighted by atomic mass is 9.31. The molecule has 0 radical (unpaired) electrons. The van der Waals surface area contributed by atoms with Crippen LogP contribution in [0.25, 0.3) is 65.7 Å². The summed E-state index contributed by atoms with van der Waals surface area (Å²) in [5.41, 5.74) is 14.1. The molecule has 11 rings (SSSR count). The smallest absolute Gasteiger partial charge is 0.244 e. The van der Waals surface area contributed by atoms with Gasteiger partial charge in [-0.15, -0.1) is 0 Å². The molecule has 48 heavy (non-hydrogen) atoms. The highest BCUT2D eigenvalue weighted by molar-refractivity contribution is 7.01. The Morgan fingerprint density at radius 2 is 0.917 bits per heavy atom. The number of para-hydroxylation sites is 2. The van der Waals surface area contributed by atoms with E-state index in [1.54, 1.807) is 0 Å². The Kier molecular flexibility index (Phi) is 5.06. The van der Waals surface area contributed by atoms with Crippen molar-refractivity contribution >= 4 is 83.6 Å². The van der Waals surface area contributed by atoms with Gasteiger partial charge in [-0.05, 0) is 72.1 Å². The summed E-state index contributed by atoms with van der Waals surface area (Å²) in [6, 6.07) is 48.3. The molecule has 0 N–H and O–H groups in total. The van der Waals surface area contributed by atoms with Gasteiger partial charge in [-0.1, -0.05) is 113 Å². The Balaban J connectivity index is 1.34. The number of furan rings is 2. The molecule has 3 nitrogen and oxygen atoms in total. The lowest BCUT2D eigenvalue weighted by Gasteiger charge is -2.34. The summed E-state index contributed by atoms with van der Waals surface area (Å²) < 4.78 is 13.6. The summed E-state index contributed by atoms with van der Waals surface area (Å²) in [6.07, 6.45) is 0. The molecule has 4 heteroatoms. The van der Waals surface area contributed by atoms with Crippen LogP contribution in [-0.2, 0) is 0 Å². The van der Waals surface area contributed by atoms with E-state index in [1.807, 2.05) is 0 Å². The molecule has 4 heterocycles. The average Bonchev–Trinajstić information content (AvgIpc) is 3.67. The molecule has 9 aromatic rings. The van der Waals surface area contributed by atoms with E-state index < -0.39 is 0 Å². The molecule has 2 aliphatic heterocycles. The third-order valence-corrected chi connectivity index (χ3v) is 10.7. The quantitative estimate of drug-likeness (QED) is 0.186. The highest BCUT2D eigenvalue weighted by Crippen LogP contribution is 2.48. The highest BCUT2D eigenvalue weighted by atomic mass is 16.3. The van der Waals surface area contributed by atoms with Crippen LogP contribution in [0.5, 0.6) is 0 Å². The molecule has 224 valence electrons. The Bertz CT molecular complexity index is 2620. The number of aryl methyl sites for hydroxylation is 2. The third-order valence-electron chi connectivity index (χ3n) is 10.7. The van der Waals surface area contributed by atoms with Crippen LogP contribution >= 0.6 is 0 Å². The first-order valence-electron chi connectivity index (χ1n) is 16.6. The van der Waals surface area contributed by atoms with E-state index in [0.29, 0.717) is 0 Å². The molecule has 0 saturated heterocycles. The third kappa shape index (κ3) is 3.29. The molecule has 0 atom stereocenters. The molecular weight excluding hydrogens is 585 g/mol. The van der Waals surface area contributed by atoms with Crippen LogP contribution in [-0.4, -0.2) is 6.71 Å². The fraction of sp³-hybridized carbons (Fsp3) is 0.0455. The molecule has 0 saturated carbocycles. The van der Waals surface area contributed by atoms with Gasteiger partial charge in [0, 0.05) is 49.7 Å². The van der Waals surface area contributed by atoms with Crippen LogP contribution in [0.15, 0.2) is 142 Å². The Morgan fingerprint density at radius 1 is 0.479 bits per heavy atom. The standard InChI is InChI=1S/C44H28BNO2/c1-25-38-34-23-31(46(29-15-5-3-6-16-29)30-17-7-4-8-18-30)24-35-39-26(2)48-44-33-20-12-10-14-28(33)22-37(41(39)44)45(42(34)35)36-21-27-13-9-11-19-32(27)43(47-25)40(36)38/h3-24H,1-2H3. The second-order valence-electron chi connectivity index (χ2n) is 13.2. The van der Waals surface area contributed by atoms with Crippen LogP contribution in [0.1, 0.15) is 11.5 Å². The normalized spacial score (nSPS) is 12.8. The van der Waals surface area contributed by atoms with E-state index >= 15 is 0 Å².